The summed E-state index contributed by atoms with van der Waals surface area (Å²) in [5, 5.41) is 17.1. The standard InChI is InChI=1S/C24H23BrN8OS/c25-21-19(4-10-35-21)23(34)31-8-2-17(3-9-31)32-13-24(14-32,5-6-26)33-12-16(11-30-33)20-18-1-7-27-22(18)29-15-28-20/h1,4,7,10-12,15,17H,2-3,5,8-9,13-14H2,(H,27,28,29). The zero-order chi connectivity index (χ0) is 24.0. The van der Waals surface area contributed by atoms with Gasteiger partial charge in [0.05, 0.1) is 33.7 Å². The van der Waals surface area contributed by atoms with Gasteiger partial charge in [0, 0.05) is 55.6 Å². The number of aromatic amines is 1. The van der Waals surface area contributed by atoms with Crippen LogP contribution in [0.15, 0.2) is 46.2 Å². The van der Waals surface area contributed by atoms with E-state index < -0.39 is 0 Å². The SMILES string of the molecule is N#CCC1(n2cc(-c3ncnc4[nH]ccc34)cn2)CN(C2CCN(C(=O)c3ccsc3Br)CC2)C1. The number of amides is 1. The maximum atomic E-state index is 12.8. The predicted octanol–water partition coefficient (Wildman–Crippen LogP) is 3.87. The van der Waals surface area contributed by atoms with Gasteiger partial charge in [-0.25, -0.2) is 9.97 Å². The molecule has 0 bridgehead atoms. The van der Waals surface area contributed by atoms with Gasteiger partial charge in [-0.15, -0.1) is 11.3 Å². The Balaban J connectivity index is 1.14. The molecule has 4 aromatic rings. The van der Waals surface area contributed by atoms with Crippen molar-refractivity contribution in [2.24, 2.45) is 0 Å². The summed E-state index contributed by atoms with van der Waals surface area (Å²) in [6, 6.07) is 6.63. The van der Waals surface area contributed by atoms with Gasteiger partial charge < -0.3 is 9.88 Å². The molecule has 1 amide bonds. The molecule has 6 rings (SSSR count). The summed E-state index contributed by atoms with van der Waals surface area (Å²) >= 11 is 5.02. The number of nitrogens with zero attached hydrogens (tertiary/aromatic N) is 7. The zero-order valence-electron chi connectivity index (χ0n) is 18.9. The van der Waals surface area contributed by atoms with Gasteiger partial charge in [-0.1, -0.05) is 0 Å². The van der Waals surface area contributed by atoms with Gasteiger partial charge in [-0.3, -0.25) is 14.4 Å². The summed E-state index contributed by atoms with van der Waals surface area (Å²) in [6.07, 6.45) is 9.51. The Morgan fingerprint density at radius 1 is 1.29 bits per heavy atom. The number of fused-ring (bicyclic) bond motifs is 1. The fourth-order valence-electron chi connectivity index (χ4n) is 5.31. The number of nitriles is 1. The number of piperidine rings is 1. The largest absolute Gasteiger partial charge is 0.346 e. The van der Waals surface area contributed by atoms with Gasteiger partial charge in [-0.05, 0) is 46.3 Å². The fraction of sp³-hybridized carbons (Fsp3) is 0.375. The smallest absolute Gasteiger partial charge is 0.255 e. The third-order valence-corrected chi connectivity index (χ3v) is 8.90. The zero-order valence-corrected chi connectivity index (χ0v) is 21.3. The van der Waals surface area contributed by atoms with Gasteiger partial charge in [-0.2, -0.15) is 10.4 Å². The summed E-state index contributed by atoms with van der Waals surface area (Å²) in [7, 11) is 0. The number of carbonyl (C=O) groups is 1. The molecule has 2 fully saturated rings. The Labute approximate surface area is 214 Å². The van der Waals surface area contributed by atoms with Crippen molar-refractivity contribution in [2.45, 2.75) is 30.8 Å². The lowest BCUT2D eigenvalue weighted by atomic mass is 9.83. The van der Waals surface area contributed by atoms with Crippen LogP contribution in [0.5, 0.6) is 0 Å². The highest BCUT2D eigenvalue weighted by Gasteiger charge is 2.48. The number of aromatic nitrogens is 5. The number of likely N-dealkylation sites (tertiary alicyclic amines) is 2. The predicted molar refractivity (Wildman–Crippen MR) is 136 cm³/mol. The van der Waals surface area contributed by atoms with Crippen LogP contribution in [0.2, 0.25) is 0 Å². The highest BCUT2D eigenvalue weighted by Crippen LogP contribution is 2.37. The highest BCUT2D eigenvalue weighted by atomic mass is 79.9. The third kappa shape index (κ3) is 3.86. The average molecular weight is 551 g/mol. The van der Waals surface area contributed by atoms with Gasteiger partial charge in [0.15, 0.2) is 0 Å². The van der Waals surface area contributed by atoms with E-state index in [0.29, 0.717) is 12.5 Å². The molecular formula is C24H23BrN8OS. The molecule has 0 unspecified atom stereocenters. The van der Waals surface area contributed by atoms with Gasteiger partial charge >= 0.3 is 0 Å². The van der Waals surface area contributed by atoms with Crippen LogP contribution < -0.4 is 0 Å². The first-order chi connectivity index (χ1) is 17.1. The molecular weight excluding hydrogens is 528 g/mol. The lowest BCUT2D eigenvalue weighted by Crippen LogP contribution is -2.66. The average Bonchev–Trinajstić information content (AvgIpc) is 3.61. The molecule has 2 aliphatic heterocycles. The van der Waals surface area contributed by atoms with E-state index in [0.717, 1.165) is 70.7 Å². The number of rotatable bonds is 5. The van der Waals surface area contributed by atoms with Gasteiger partial charge in [0.1, 0.15) is 17.5 Å². The van der Waals surface area contributed by atoms with E-state index in [4.69, 9.17) is 0 Å². The molecule has 11 heteroatoms. The number of hydrogen-bond acceptors (Lipinski definition) is 7. The molecule has 0 spiro atoms. The minimum Gasteiger partial charge on any atom is -0.346 e. The molecule has 9 nitrogen and oxygen atoms in total. The van der Waals surface area contributed by atoms with Crippen molar-refractivity contribution in [2.75, 3.05) is 26.2 Å². The first-order valence-electron chi connectivity index (χ1n) is 11.5. The van der Waals surface area contributed by atoms with E-state index in [1.807, 2.05) is 45.7 Å². The van der Waals surface area contributed by atoms with Crippen molar-refractivity contribution in [3.8, 4) is 17.3 Å². The second-order valence-electron chi connectivity index (χ2n) is 9.23. The van der Waals surface area contributed by atoms with Crippen molar-refractivity contribution in [1.82, 2.24) is 34.5 Å². The van der Waals surface area contributed by atoms with E-state index in [1.54, 1.807) is 6.33 Å². The Hall–Kier alpha value is -3.07. The topological polar surface area (TPSA) is 107 Å². The monoisotopic (exact) mass is 550 g/mol. The number of nitrogens with one attached hydrogen (secondary N) is 1. The summed E-state index contributed by atoms with van der Waals surface area (Å²) < 4.78 is 2.85. The molecule has 0 aliphatic carbocycles. The summed E-state index contributed by atoms with van der Waals surface area (Å²) in [5.41, 5.74) is 2.95. The third-order valence-electron chi connectivity index (χ3n) is 7.22. The fourth-order valence-corrected chi connectivity index (χ4v) is 6.54. The van der Waals surface area contributed by atoms with E-state index in [1.165, 1.54) is 11.3 Å². The Kier molecular flexibility index (Phi) is 5.67. The molecule has 178 valence electrons. The number of carbonyl (C=O) groups excluding carboxylic acids is 1. The van der Waals surface area contributed by atoms with Crippen LogP contribution in [0.3, 0.4) is 0 Å². The molecule has 2 aliphatic rings. The summed E-state index contributed by atoms with van der Waals surface area (Å²) in [6.45, 7) is 3.05. The Bertz CT molecular complexity index is 1420. The number of halogens is 1. The van der Waals surface area contributed by atoms with Crippen molar-refractivity contribution in [3.63, 3.8) is 0 Å². The highest BCUT2D eigenvalue weighted by molar-refractivity contribution is 9.11. The van der Waals surface area contributed by atoms with Crippen LogP contribution >= 0.6 is 27.3 Å². The second kappa shape index (κ2) is 8.86. The molecule has 4 aromatic heterocycles. The molecule has 35 heavy (non-hydrogen) atoms. The minimum absolute atomic E-state index is 0.101. The van der Waals surface area contributed by atoms with Crippen LogP contribution in [0, 0.1) is 11.3 Å². The molecule has 0 saturated carbocycles. The molecule has 0 atom stereocenters. The number of thiophene rings is 1. The first-order valence-corrected chi connectivity index (χ1v) is 13.2. The molecule has 0 radical (unpaired) electrons. The molecule has 1 N–H and O–H groups in total. The summed E-state index contributed by atoms with van der Waals surface area (Å²) in [4.78, 5) is 29.1. The normalized spacial score (nSPS) is 18.5. The number of H-pyrrole nitrogens is 1. The van der Waals surface area contributed by atoms with Crippen molar-refractivity contribution < 1.29 is 4.79 Å². The van der Waals surface area contributed by atoms with Crippen LogP contribution in [0.25, 0.3) is 22.3 Å². The van der Waals surface area contributed by atoms with Crippen molar-refractivity contribution >= 4 is 44.2 Å². The Morgan fingerprint density at radius 3 is 2.86 bits per heavy atom. The quantitative estimate of drug-likeness (QED) is 0.404. The van der Waals surface area contributed by atoms with Crippen LogP contribution in [0.1, 0.15) is 29.6 Å². The maximum absolute atomic E-state index is 12.8. The summed E-state index contributed by atoms with van der Waals surface area (Å²) in [5.74, 6) is 0.101. The first kappa shape index (κ1) is 22.4. The Morgan fingerprint density at radius 2 is 2.11 bits per heavy atom. The molecule has 2 saturated heterocycles. The number of hydrogen-bond donors (Lipinski definition) is 1. The van der Waals surface area contributed by atoms with E-state index >= 15 is 0 Å². The van der Waals surface area contributed by atoms with Gasteiger partial charge in [0.2, 0.25) is 0 Å². The molecule has 0 aromatic carbocycles. The van der Waals surface area contributed by atoms with E-state index in [-0.39, 0.29) is 11.4 Å². The van der Waals surface area contributed by atoms with Crippen LogP contribution in [-0.2, 0) is 5.54 Å². The van der Waals surface area contributed by atoms with E-state index in [9.17, 15) is 10.1 Å². The van der Waals surface area contributed by atoms with Gasteiger partial charge in [0.25, 0.3) is 5.91 Å². The van der Waals surface area contributed by atoms with Crippen LogP contribution in [-0.4, -0.2) is 72.7 Å². The van der Waals surface area contributed by atoms with Crippen molar-refractivity contribution in [1.29, 1.82) is 5.26 Å². The lowest BCUT2D eigenvalue weighted by molar-refractivity contribution is -0.0412. The lowest BCUT2D eigenvalue weighted by Gasteiger charge is -2.53. The maximum Gasteiger partial charge on any atom is 0.255 e. The van der Waals surface area contributed by atoms with E-state index in [2.05, 4.69) is 46.9 Å². The molecule has 6 heterocycles. The second-order valence-corrected chi connectivity index (χ2v) is 11.5. The minimum atomic E-state index is -0.341. The van der Waals surface area contributed by atoms with Crippen molar-refractivity contribution in [3.05, 3.63) is 51.8 Å². The van der Waals surface area contributed by atoms with Crippen LogP contribution in [0.4, 0.5) is 0 Å².